The van der Waals surface area contributed by atoms with Crippen LogP contribution in [0.25, 0.3) is 0 Å². The van der Waals surface area contributed by atoms with E-state index in [-0.39, 0.29) is 282 Å². The first kappa shape index (κ1) is 77.6. The van der Waals surface area contributed by atoms with E-state index in [1.165, 1.54) is 60.8 Å². The molecule has 0 aromatic heterocycles. The molecular weight excluding hydrogens is 1450 g/mol. The third-order valence-electron chi connectivity index (χ3n) is 2.39. The van der Waals surface area contributed by atoms with Gasteiger partial charge in [0.1, 0.15) is 0 Å². The topological polar surface area (TPSA) is 0 Å². The summed E-state index contributed by atoms with van der Waals surface area (Å²) in [5, 5.41) is 0. The first-order chi connectivity index (χ1) is 9.92. The Morgan fingerprint density at radius 1 is 0.533 bits per heavy atom. The number of hydrogen-bond donors (Lipinski definition) is 0. The summed E-state index contributed by atoms with van der Waals surface area (Å²) in [6.45, 7) is 6.54. The van der Waals surface area contributed by atoms with Crippen LogP contribution in [0.5, 0.6) is 0 Å². The van der Waals surface area contributed by atoms with Gasteiger partial charge in [0.2, 0.25) is 0 Å². The van der Waals surface area contributed by atoms with E-state index in [0.29, 0.717) is 0 Å². The summed E-state index contributed by atoms with van der Waals surface area (Å²) in [5.41, 5.74) is 0. The SMILES string of the molecule is C=PCC.C=PC[PH](=C)CC.C=PC[PH](=C)C[PH](=C)CC.[W].[W].[W].[Y].[Y].[Y].[Y].[Y].[Y]. The van der Waals surface area contributed by atoms with Crippen LogP contribution in [0.1, 0.15) is 20.8 Å². The molecule has 0 N–H and O–H groups in total. The summed E-state index contributed by atoms with van der Waals surface area (Å²) in [6, 6.07) is 0. The van der Waals surface area contributed by atoms with E-state index >= 15 is 0 Å². The van der Waals surface area contributed by atoms with Gasteiger partial charge in [-0.05, 0) is 24.4 Å². The molecule has 0 aliphatic carbocycles. The van der Waals surface area contributed by atoms with Crippen molar-refractivity contribution in [2.24, 2.45) is 0 Å². The van der Waals surface area contributed by atoms with Crippen LogP contribution in [0.4, 0.5) is 0 Å². The van der Waals surface area contributed by atoms with Crippen molar-refractivity contribution < 1.29 is 259 Å². The maximum atomic E-state index is 4.16. The molecular formula is C15H36P6W3Y6. The van der Waals surface area contributed by atoms with Crippen LogP contribution in [0.15, 0.2) is 0 Å². The Hall–Kier alpha value is 10.1. The Kier molecular flexibility index (Phi) is 186. The monoisotopic (exact) mass is 1490 g/mol. The van der Waals surface area contributed by atoms with Crippen LogP contribution >= 0.6 is 47.2 Å². The van der Waals surface area contributed by atoms with Gasteiger partial charge >= 0.3 is 0 Å². The van der Waals surface area contributed by atoms with E-state index in [0.717, 1.165) is 0 Å². The van der Waals surface area contributed by atoms with Gasteiger partial charge < -0.3 is 0 Å². The molecule has 0 nitrogen and oxygen atoms in total. The minimum absolute atomic E-state index is 0. The van der Waals surface area contributed by atoms with Gasteiger partial charge in [0.05, 0.1) is 0 Å². The van der Waals surface area contributed by atoms with E-state index in [9.17, 15) is 0 Å². The van der Waals surface area contributed by atoms with Crippen molar-refractivity contribution >= 4 is 85.0 Å². The Bertz CT molecular complexity index is 368. The van der Waals surface area contributed by atoms with E-state index in [1.807, 2.05) is 0 Å². The molecule has 0 rings (SSSR count). The molecule has 0 heterocycles. The molecule has 0 aliphatic rings. The van der Waals surface area contributed by atoms with Gasteiger partial charge in [0.25, 0.3) is 0 Å². The van der Waals surface area contributed by atoms with Crippen LogP contribution in [0.3, 0.4) is 0 Å². The zero-order valence-corrected chi connectivity index (χ0v) is 50.5. The van der Waals surface area contributed by atoms with Gasteiger partial charge in [-0.1, -0.05) is 39.7 Å². The normalized spacial score (nSPS) is 10.1. The van der Waals surface area contributed by atoms with Crippen LogP contribution < -0.4 is 0 Å². The summed E-state index contributed by atoms with van der Waals surface area (Å²) in [5.74, 6) is 3.85. The summed E-state index contributed by atoms with van der Waals surface area (Å²) >= 11 is 0. The Morgan fingerprint density at radius 2 is 0.800 bits per heavy atom. The zero-order valence-electron chi connectivity index (χ0n) is 19.0. The van der Waals surface area contributed by atoms with Crippen molar-refractivity contribution in [3.63, 3.8) is 0 Å². The molecule has 0 spiro atoms. The first-order valence-corrected chi connectivity index (χ1v) is 17.4. The second-order valence-corrected chi connectivity index (χ2v) is 16.3. The minimum atomic E-state index is -0.294. The molecule has 162 valence electrons. The standard InChI is InChI=1S/C7H17P3.C5H12P2.C3H7P.3W.6Y/c1-5-9(3)7-10(4)6-8-2;1-4-7(3)5-6-2;1-3-4-2;;;;;;;;;/h9-10H,2-7H2,1H3;7H,2-5H2,1H3;2-3H2,1H3;;;;;;;;;. The third kappa shape index (κ3) is 83.2. The quantitative estimate of drug-likeness (QED) is 0.251. The molecule has 0 saturated carbocycles. The second-order valence-electron chi connectivity index (χ2n) is 4.44. The zero-order chi connectivity index (χ0) is 17.1. The molecule has 0 aromatic carbocycles. The smallest absolute Gasteiger partial charge is 0.00627 e. The minimum Gasteiger partial charge on any atom is -0.121 e. The summed E-state index contributed by atoms with van der Waals surface area (Å²) in [4.78, 5) is 0. The first-order valence-electron chi connectivity index (χ1n) is 7.20. The fraction of sp³-hybridized carbons (Fsp3) is 0.600. The van der Waals surface area contributed by atoms with E-state index in [2.05, 4.69) is 58.6 Å². The van der Waals surface area contributed by atoms with Crippen molar-refractivity contribution in [1.82, 2.24) is 0 Å². The van der Waals surface area contributed by atoms with Crippen molar-refractivity contribution in [2.75, 3.05) is 36.2 Å². The van der Waals surface area contributed by atoms with Crippen molar-refractivity contribution in [3.8, 4) is 0 Å². The van der Waals surface area contributed by atoms with E-state index in [1.54, 1.807) is 0 Å². The average Bonchev–Trinajstić information content (AvgIpc) is 2.48. The van der Waals surface area contributed by atoms with Gasteiger partial charge in [-0.2, -0.15) is 0 Å². The Morgan fingerprint density at radius 3 is 0.967 bits per heavy atom. The van der Waals surface area contributed by atoms with Gasteiger partial charge in [-0.15, -0.1) is 66.1 Å². The van der Waals surface area contributed by atoms with Gasteiger partial charge in [-0.3, -0.25) is 0 Å². The van der Waals surface area contributed by atoms with Crippen molar-refractivity contribution in [2.45, 2.75) is 20.8 Å². The number of hydrogen-bond acceptors (Lipinski definition) is 0. The van der Waals surface area contributed by atoms with Crippen LogP contribution in [-0.4, -0.2) is 74.0 Å². The van der Waals surface area contributed by atoms with Gasteiger partial charge in [0, 0.05) is 271 Å². The molecule has 3 atom stereocenters. The fourth-order valence-corrected chi connectivity index (χ4v) is 9.67. The molecule has 30 heavy (non-hydrogen) atoms. The van der Waals surface area contributed by atoms with E-state index in [4.69, 9.17) is 0 Å². The molecule has 0 saturated heterocycles. The van der Waals surface area contributed by atoms with Crippen LogP contribution in [0.2, 0.25) is 0 Å². The van der Waals surface area contributed by atoms with Crippen molar-refractivity contribution in [3.05, 3.63) is 0 Å². The van der Waals surface area contributed by atoms with Gasteiger partial charge in [0.15, 0.2) is 0 Å². The average molecular weight is 1490 g/mol. The predicted molar refractivity (Wildman–Crippen MR) is 135 cm³/mol. The van der Waals surface area contributed by atoms with Crippen LogP contribution in [0, 0.1) is 0 Å². The summed E-state index contributed by atoms with van der Waals surface area (Å²) in [7, 11) is 3.04. The largest absolute Gasteiger partial charge is 0.121 e. The van der Waals surface area contributed by atoms with Gasteiger partial charge in [-0.25, -0.2) is 0 Å². The Balaban J connectivity index is -0.0000000149. The maximum absolute atomic E-state index is 4.16. The molecule has 0 fully saturated rings. The molecule has 0 aliphatic heterocycles. The van der Waals surface area contributed by atoms with Crippen molar-refractivity contribution in [1.29, 1.82) is 0 Å². The molecule has 3 unspecified atom stereocenters. The predicted octanol–water partition coefficient (Wildman–Crippen LogP) is 5.94. The number of rotatable bonds is 9. The molecule has 15 heteroatoms. The molecule has 0 amide bonds. The second kappa shape index (κ2) is 71.9. The Labute approximate surface area is 391 Å². The van der Waals surface area contributed by atoms with E-state index < -0.39 is 0 Å². The van der Waals surface area contributed by atoms with Crippen LogP contribution in [-0.2, 0) is 259 Å². The molecule has 0 aromatic rings. The maximum Gasteiger partial charge on any atom is 0.00627 e. The molecule has 6 radical (unpaired) electrons. The fourth-order valence-electron chi connectivity index (χ4n) is 0.962. The third-order valence-corrected chi connectivity index (χ3v) is 14.2. The summed E-state index contributed by atoms with van der Waals surface area (Å²) in [6.07, 6.45) is 27.2. The summed E-state index contributed by atoms with van der Waals surface area (Å²) < 4.78 is 0. The molecule has 0 bridgehead atoms.